The summed E-state index contributed by atoms with van der Waals surface area (Å²) in [6, 6.07) is 26.7. The van der Waals surface area contributed by atoms with Crippen LogP contribution in [-0.4, -0.2) is 21.2 Å². The molecular weight excluding hydrogens is 542 g/mol. The number of aliphatic carboxylic acids is 1. The number of hydrogen-bond acceptors (Lipinski definition) is 3. The van der Waals surface area contributed by atoms with Gasteiger partial charge in [0, 0.05) is 10.4 Å². The molecule has 4 nitrogen and oxygen atoms in total. The summed E-state index contributed by atoms with van der Waals surface area (Å²) in [5.74, 6) is -0.356. The zero-order valence-corrected chi connectivity index (χ0v) is 25.3. The van der Waals surface area contributed by atoms with Crippen LogP contribution in [0.15, 0.2) is 78.9 Å². The van der Waals surface area contributed by atoms with Gasteiger partial charge >= 0.3 is 5.97 Å². The lowest BCUT2D eigenvalue weighted by Crippen LogP contribution is -2.18. The molecule has 1 aliphatic carbocycles. The van der Waals surface area contributed by atoms with Crippen LogP contribution in [0.4, 0.5) is 0 Å². The molecule has 1 fully saturated rings. The largest absolute Gasteiger partial charge is 0.481 e. The van der Waals surface area contributed by atoms with Gasteiger partial charge in [-0.25, -0.2) is 4.98 Å². The molecule has 5 heteroatoms. The number of rotatable bonds is 13. The Bertz CT molecular complexity index is 1580. The van der Waals surface area contributed by atoms with Crippen LogP contribution in [0, 0.1) is 5.41 Å². The molecule has 0 bridgehead atoms. The van der Waals surface area contributed by atoms with E-state index in [0.717, 1.165) is 72.7 Å². The van der Waals surface area contributed by atoms with Crippen LogP contribution in [-0.2, 0) is 16.8 Å². The minimum atomic E-state index is -0.895. The SMILES string of the molecule is CC(C)(O)c1ccccc1CC[C@@H](CCCC1(CC(=O)O)CC1)c1cccc(/C=C/c2ccc3ccc(Cl)cc3n2)c1. The standard InChI is InChI=1S/C37H40ClNO3/c1-36(2,42)33-11-4-3-8-28(33)14-13-27(10-6-20-37(21-22-37)25-35(40)41)30-9-5-7-26(23-30)12-18-32-19-16-29-15-17-31(38)24-34(29)39-32/h3-5,7-9,11-12,15-19,23-24,27,42H,6,10,13-14,20-22,25H2,1-2H3,(H,40,41)/b18-12+/t27-/m1/s1. The Morgan fingerprint density at radius 2 is 1.79 bits per heavy atom. The molecule has 4 aromatic rings. The fourth-order valence-corrected chi connectivity index (χ4v) is 6.34. The number of nitrogens with zero attached hydrogens (tertiary/aromatic N) is 1. The minimum Gasteiger partial charge on any atom is -0.481 e. The third-order valence-electron chi connectivity index (χ3n) is 8.69. The van der Waals surface area contributed by atoms with Gasteiger partial charge in [-0.3, -0.25) is 4.79 Å². The molecule has 1 saturated carbocycles. The highest BCUT2D eigenvalue weighted by molar-refractivity contribution is 6.31. The summed E-state index contributed by atoms with van der Waals surface area (Å²) in [6.45, 7) is 3.69. The highest BCUT2D eigenvalue weighted by atomic mass is 35.5. The van der Waals surface area contributed by atoms with Crippen LogP contribution in [0.5, 0.6) is 0 Å². The number of benzene rings is 3. The number of fused-ring (bicyclic) bond motifs is 1. The molecule has 0 amide bonds. The van der Waals surface area contributed by atoms with Gasteiger partial charge in [0.1, 0.15) is 0 Å². The first-order valence-electron chi connectivity index (χ1n) is 15.0. The first kappa shape index (κ1) is 30.0. The summed E-state index contributed by atoms with van der Waals surface area (Å²) in [5, 5.41) is 21.9. The van der Waals surface area contributed by atoms with Gasteiger partial charge < -0.3 is 10.2 Å². The maximum atomic E-state index is 11.4. The average molecular weight is 582 g/mol. The second-order valence-corrected chi connectivity index (χ2v) is 12.9. The van der Waals surface area contributed by atoms with E-state index in [9.17, 15) is 15.0 Å². The van der Waals surface area contributed by atoms with Gasteiger partial charge in [-0.1, -0.05) is 84.8 Å². The molecule has 42 heavy (non-hydrogen) atoms. The molecule has 1 aliphatic rings. The monoisotopic (exact) mass is 581 g/mol. The smallest absolute Gasteiger partial charge is 0.303 e. The Morgan fingerprint density at radius 1 is 1.00 bits per heavy atom. The van der Waals surface area contributed by atoms with Gasteiger partial charge in [-0.05, 0) is 110 Å². The van der Waals surface area contributed by atoms with Crippen molar-refractivity contribution < 1.29 is 15.0 Å². The van der Waals surface area contributed by atoms with Crippen molar-refractivity contribution in [1.29, 1.82) is 0 Å². The zero-order valence-electron chi connectivity index (χ0n) is 24.5. The Hall–Kier alpha value is -3.47. The van der Waals surface area contributed by atoms with Crippen LogP contribution in [0.1, 0.15) is 92.7 Å². The van der Waals surface area contributed by atoms with E-state index in [1.165, 1.54) is 11.1 Å². The van der Waals surface area contributed by atoms with Crippen LogP contribution in [0.25, 0.3) is 23.1 Å². The van der Waals surface area contributed by atoms with Crippen LogP contribution in [0.3, 0.4) is 0 Å². The quantitative estimate of drug-likeness (QED) is 0.165. The van der Waals surface area contributed by atoms with Crippen molar-refractivity contribution in [3.63, 3.8) is 0 Å². The topological polar surface area (TPSA) is 70.4 Å². The molecule has 0 unspecified atom stereocenters. The molecule has 218 valence electrons. The van der Waals surface area contributed by atoms with E-state index >= 15 is 0 Å². The molecule has 0 saturated heterocycles. The number of carbonyl (C=O) groups is 1. The number of aryl methyl sites for hydroxylation is 1. The van der Waals surface area contributed by atoms with Gasteiger partial charge in [0.15, 0.2) is 0 Å². The van der Waals surface area contributed by atoms with Gasteiger partial charge in [-0.15, -0.1) is 0 Å². The number of aliphatic hydroxyl groups is 1. The van der Waals surface area contributed by atoms with Gasteiger partial charge in [0.25, 0.3) is 0 Å². The number of halogens is 1. The highest BCUT2D eigenvalue weighted by Crippen LogP contribution is 2.53. The molecule has 0 spiro atoms. The molecule has 1 aromatic heterocycles. The maximum Gasteiger partial charge on any atom is 0.303 e. The van der Waals surface area contributed by atoms with Crippen molar-refractivity contribution >= 4 is 40.6 Å². The predicted molar refractivity (Wildman–Crippen MR) is 173 cm³/mol. The van der Waals surface area contributed by atoms with E-state index in [-0.39, 0.29) is 11.8 Å². The lowest BCUT2D eigenvalue weighted by Gasteiger charge is -2.24. The van der Waals surface area contributed by atoms with E-state index < -0.39 is 11.6 Å². The highest BCUT2D eigenvalue weighted by Gasteiger charge is 2.43. The molecule has 0 aliphatic heterocycles. The molecule has 0 radical (unpaired) electrons. The third-order valence-corrected chi connectivity index (χ3v) is 8.92. The second kappa shape index (κ2) is 12.8. The third kappa shape index (κ3) is 7.87. The van der Waals surface area contributed by atoms with Crippen molar-refractivity contribution in [2.75, 3.05) is 0 Å². The number of carboxylic acids is 1. The summed E-state index contributed by atoms with van der Waals surface area (Å²) in [7, 11) is 0. The van der Waals surface area contributed by atoms with E-state index in [2.05, 4.69) is 42.5 Å². The molecule has 1 heterocycles. The van der Waals surface area contributed by atoms with Crippen LogP contribution < -0.4 is 0 Å². The van der Waals surface area contributed by atoms with Crippen molar-refractivity contribution in [2.24, 2.45) is 5.41 Å². The van der Waals surface area contributed by atoms with Gasteiger partial charge in [-0.2, -0.15) is 0 Å². The summed E-state index contributed by atoms with van der Waals surface area (Å²) in [5.41, 5.74) is 5.43. The molecule has 2 N–H and O–H groups in total. The number of aromatic nitrogens is 1. The van der Waals surface area contributed by atoms with Crippen LogP contribution in [0.2, 0.25) is 5.02 Å². The maximum absolute atomic E-state index is 11.4. The lowest BCUT2D eigenvalue weighted by molar-refractivity contribution is -0.138. The van der Waals surface area contributed by atoms with E-state index in [4.69, 9.17) is 16.6 Å². The van der Waals surface area contributed by atoms with Crippen molar-refractivity contribution in [3.05, 3.63) is 112 Å². The first-order chi connectivity index (χ1) is 20.1. The van der Waals surface area contributed by atoms with Crippen LogP contribution >= 0.6 is 11.6 Å². The first-order valence-corrected chi connectivity index (χ1v) is 15.4. The molecule has 5 rings (SSSR count). The van der Waals surface area contributed by atoms with E-state index in [1.54, 1.807) is 0 Å². The predicted octanol–water partition coefficient (Wildman–Crippen LogP) is 9.43. The van der Waals surface area contributed by atoms with Gasteiger partial charge in [0.05, 0.1) is 23.2 Å². The van der Waals surface area contributed by atoms with Crippen molar-refractivity contribution in [3.8, 4) is 0 Å². The van der Waals surface area contributed by atoms with E-state index in [0.29, 0.717) is 10.9 Å². The van der Waals surface area contributed by atoms with E-state index in [1.807, 2.05) is 62.4 Å². The lowest BCUT2D eigenvalue weighted by atomic mass is 9.83. The van der Waals surface area contributed by atoms with Crippen molar-refractivity contribution in [1.82, 2.24) is 4.98 Å². The number of pyridine rings is 1. The minimum absolute atomic E-state index is 0.00552. The number of hydrogen-bond donors (Lipinski definition) is 2. The zero-order chi connectivity index (χ0) is 29.7. The number of carboxylic acid groups (broad SMARTS) is 1. The molecule has 3 aromatic carbocycles. The summed E-state index contributed by atoms with van der Waals surface area (Å²) in [6.07, 6.45) is 11.3. The average Bonchev–Trinajstić information content (AvgIpc) is 3.71. The Kier molecular flexibility index (Phi) is 9.15. The Labute approximate surface area is 254 Å². The Balaban J connectivity index is 1.34. The summed E-state index contributed by atoms with van der Waals surface area (Å²) < 4.78 is 0. The Morgan fingerprint density at radius 3 is 2.55 bits per heavy atom. The second-order valence-electron chi connectivity index (χ2n) is 12.5. The molecular formula is C37H40ClNO3. The normalized spacial score (nSPS) is 15.2. The van der Waals surface area contributed by atoms with Gasteiger partial charge in [0.2, 0.25) is 0 Å². The fourth-order valence-electron chi connectivity index (χ4n) is 6.18. The summed E-state index contributed by atoms with van der Waals surface area (Å²) in [4.78, 5) is 16.1. The van der Waals surface area contributed by atoms with Crippen molar-refractivity contribution in [2.45, 2.75) is 76.7 Å². The molecule has 1 atom stereocenters. The fraction of sp³-hybridized carbons (Fsp3) is 0.351. The summed E-state index contributed by atoms with van der Waals surface area (Å²) >= 11 is 6.18.